The SMILES string of the molecule is Cc1nn(CC(C)C)c(C)c1CCC(=O)NCCc1cccc(Cl)c1. The molecule has 1 aromatic heterocycles. The molecule has 0 atom stereocenters. The molecule has 1 amide bonds. The van der Waals surface area contributed by atoms with Crippen LogP contribution in [0.1, 0.15) is 42.8 Å². The Labute approximate surface area is 155 Å². The Balaban J connectivity index is 1.81. The maximum absolute atomic E-state index is 12.1. The standard InChI is InChI=1S/C20H28ClN3O/c1-14(2)13-24-16(4)19(15(3)23-24)8-9-20(25)22-11-10-17-6-5-7-18(21)12-17/h5-7,12,14H,8-11,13H2,1-4H3,(H,22,25). The zero-order valence-corrected chi connectivity index (χ0v) is 16.4. The van der Waals surface area contributed by atoms with Crippen LogP contribution in [0.25, 0.3) is 0 Å². The molecule has 1 heterocycles. The van der Waals surface area contributed by atoms with Gasteiger partial charge in [-0.1, -0.05) is 37.6 Å². The lowest BCUT2D eigenvalue weighted by Gasteiger charge is -2.08. The molecule has 0 unspecified atom stereocenters. The lowest BCUT2D eigenvalue weighted by atomic mass is 10.1. The Kier molecular flexibility index (Phi) is 7.06. The summed E-state index contributed by atoms with van der Waals surface area (Å²) in [6.07, 6.45) is 2.01. The van der Waals surface area contributed by atoms with Gasteiger partial charge in [-0.05, 0) is 55.9 Å². The van der Waals surface area contributed by atoms with Gasteiger partial charge in [0.2, 0.25) is 5.91 Å². The van der Waals surface area contributed by atoms with Crippen LogP contribution in [-0.4, -0.2) is 22.2 Å². The number of hydrogen-bond acceptors (Lipinski definition) is 2. The highest BCUT2D eigenvalue weighted by atomic mass is 35.5. The number of carbonyl (C=O) groups is 1. The number of aryl methyl sites for hydroxylation is 1. The Morgan fingerprint density at radius 2 is 2.04 bits per heavy atom. The van der Waals surface area contributed by atoms with E-state index in [-0.39, 0.29) is 5.91 Å². The van der Waals surface area contributed by atoms with Crippen molar-refractivity contribution in [1.29, 1.82) is 0 Å². The molecule has 5 heteroatoms. The Bertz CT molecular complexity index is 722. The fraction of sp³-hybridized carbons (Fsp3) is 0.500. The zero-order valence-electron chi connectivity index (χ0n) is 15.6. The van der Waals surface area contributed by atoms with Crippen molar-refractivity contribution < 1.29 is 4.79 Å². The number of halogens is 1. The van der Waals surface area contributed by atoms with E-state index in [4.69, 9.17) is 11.6 Å². The molecule has 25 heavy (non-hydrogen) atoms. The number of nitrogens with one attached hydrogen (secondary N) is 1. The third kappa shape index (κ3) is 5.89. The van der Waals surface area contributed by atoms with E-state index >= 15 is 0 Å². The summed E-state index contributed by atoms with van der Waals surface area (Å²) in [5.41, 5.74) is 4.54. The summed E-state index contributed by atoms with van der Waals surface area (Å²) in [7, 11) is 0. The van der Waals surface area contributed by atoms with Crippen LogP contribution >= 0.6 is 11.6 Å². The molecule has 0 aliphatic heterocycles. The molecular formula is C20H28ClN3O. The first-order chi connectivity index (χ1) is 11.9. The number of rotatable bonds is 8. The first kappa shape index (κ1) is 19.5. The van der Waals surface area contributed by atoms with Gasteiger partial charge in [-0.25, -0.2) is 0 Å². The van der Waals surface area contributed by atoms with Crippen molar-refractivity contribution in [1.82, 2.24) is 15.1 Å². The normalized spacial score (nSPS) is 11.1. The fourth-order valence-corrected chi connectivity index (χ4v) is 3.20. The number of nitrogens with zero attached hydrogens (tertiary/aromatic N) is 2. The average Bonchev–Trinajstić information content (AvgIpc) is 2.79. The molecule has 136 valence electrons. The molecule has 0 fully saturated rings. The molecule has 2 aromatic rings. The van der Waals surface area contributed by atoms with Gasteiger partial charge in [-0.3, -0.25) is 9.48 Å². The molecule has 2 rings (SSSR count). The van der Waals surface area contributed by atoms with Crippen LogP contribution in [-0.2, 0) is 24.2 Å². The molecule has 4 nitrogen and oxygen atoms in total. The predicted molar refractivity (Wildman–Crippen MR) is 103 cm³/mol. The van der Waals surface area contributed by atoms with Crippen LogP contribution in [0.4, 0.5) is 0 Å². The second kappa shape index (κ2) is 9.04. The molecule has 0 aliphatic carbocycles. The largest absolute Gasteiger partial charge is 0.356 e. The summed E-state index contributed by atoms with van der Waals surface area (Å²) in [5, 5.41) is 8.33. The second-order valence-corrected chi connectivity index (χ2v) is 7.39. The summed E-state index contributed by atoms with van der Waals surface area (Å²) in [6.45, 7) is 10.0. The molecule has 1 aromatic carbocycles. The van der Waals surface area contributed by atoms with Crippen LogP contribution < -0.4 is 5.32 Å². The van der Waals surface area contributed by atoms with E-state index in [9.17, 15) is 4.79 Å². The van der Waals surface area contributed by atoms with Gasteiger partial charge in [-0.15, -0.1) is 0 Å². The van der Waals surface area contributed by atoms with Gasteiger partial charge >= 0.3 is 0 Å². The van der Waals surface area contributed by atoms with Crippen LogP contribution in [0, 0.1) is 19.8 Å². The number of hydrogen-bond donors (Lipinski definition) is 1. The van der Waals surface area contributed by atoms with Gasteiger partial charge in [-0.2, -0.15) is 5.10 Å². The lowest BCUT2D eigenvalue weighted by molar-refractivity contribution is -0.121. The van der Waals surface area contributed by atoms with Crippen molar-refractivity contribution in [2.24, 2.45) is 5.92 Å². The Hall–Kier alpha value is -1.81. The molecule has 0 saturated heterocycles. The quantitative estimate of drug-likeness (QED) is 0.769. The van der Waals surface area contributed by atoms with Gasteiger partial charge in [0.15, 0.2) is 0 Å². The third-order valence-corrected chi connectivity index (χ3v) is 4.53. The predicted octanol–water partition coefficient (Wildman–Crippen LogP) is 4.10. The van der Waals surface area contributed by atoms with Crippen LogP contribution in [0.5, 0.6) is 0 Å². The minimum Gasteiger partial charge on any atom is -0.356 e. The molecule has 0 saturated carbocycles. The Morgan fingerprint density at radius 1 is 1.28 bits per heavy atom. The van der Waals surface area contributed by atoms with E-state index in [0.717, 1.165) is 35.7 Å². The molecule has 0 radical (unpaired) electrons. The number of benzene rings is 1. The number of carbonyl (C=O) groups excluding carboxylic acids is 1. The molecule has 1 N–H and O–H groups in total. The summed E-state index contributed by atoms with van der Waals surface area (Å²) < 4.78 is 2.06. The Morgan fingerprint density at radius 3 is 2.72 bits per heavy atom. The highest BCUT2D eigenvalue weighted by molar-refractivity contribution is 6.30. The summed E-state index contributed by atoms with van der Waals surface area (Å²) >= 11 is 5.97. The number of amides is 1. The van der Waals surface area contributed by atoms with E-state index in [0.29, 0.717) is 18.9 Å². The van der Waals surface area contributed by atoms with Gasteiger partial charge in [0, 0.05) is 30.2 Å². The van der Waals surface area contributed by atoms with Crippen LogP contribution in [0.3, 0.4) is 0 Å². The maximum Gasteiger partial charge on any atom is 0.220 e. The zero-order chi connectivity index (χ0) is 18.4. The van der Waals surface area contributed by atoms with E-state index in [2.05, 4.69) is 35.9 Å². The van der Waals surface area contributed by atoms with Gasteiger partial charge < -0.3 is 5.32 Å². The molecule has 0 bridgehead atoms. The van der Waals surface area contributed by atoms with Crippen LogP contribution in [0.15, 0.2) is 24.3 Å². The summed E-state index contributed by atoms with van der Waals surface area (Å²) in [6, 6.07) is 7.74. The van der Waals surface area contributed by atoms with E-state index in [1.165, 1.54) is 11.3 Å². The monoisotopic (exact) mass is 361 g/mol. The van der Waals surface area contributed by atoms with E-state index in [1.54, 1.807) is 0 Å². The maximum atomic E-state index is 12.1. The first-order valence-corrected chi connectivity index (χ1v) is 9.28. The van der Waals surface area contributed by atoms with Crippen molar-refractivity contribution in [3.63, 3.8) is 0 Å². The summed E-state index contributed by atoms with van der Waals surface area (Å²) in [4.78, 5) is 12.1. The summed E-state index contributed by atoms with van der Waals surface area (Å²) in [5.74, 6) is 0.637. The molecular weight excluding hydrogens is 334 g/mol. The highest BCUT2D eigenvalue weighted by Crippen LogP contribution is 2.16. The van der Waals surface area contributed by atoms with Crippen molar-refractivity contribution in [2.45, 2.75) is 53.5 Å². The minimum absolute atomic E-state index is 0.0810. The van der Waals surface area contributed by atoms with Crippen molar-refractivity contribution >= 4 is 17.5 Å². The minimum atomic E-state index is 0.0810. The highest BCUT2D eigenvalue weighted by Gasteiger charge is 2.13. The number of aromatic nitrogens is 2. The first-order valence-electron chi connectivity index (χ1n) is 8.91. The van der Waals surface area contributed by atoms with Gasteiger partial charge in [0.05, 0.1) is 5.69 Å². The van der Waals surface area contributed by atoms with Crippen LogP contribution in [0.2, 0.25) is 5.02 Å². The van der Waals surface area contributed by atoms with Crippen molar-refractivity contribution in [3.8, 4) is 0 Å². The average molecular weight is 362 g/mol. The van der Waals surface area contributed by atoms with Crippen molar-refractivity contribution in [2.75, 3.05) is 6.54 Å². The lowest BCUT2D eigenvalue weighted by Crippen LogP contribution is -2.26. The third-order valence-electron chi connectivity index (χ3n) is 4.30. The van der Waals surface area contributed by atoms with E-state index in [1.807, 2.05) is 31.2 Å². The molecule has 0 aliphatic rings. The van der Waals surface area contributed by atoms with Gasteiger partial charge in [0.1, 0.15) is 0 Å². The topological polar surface area (TPSA) is 46.9 Å². The van der Waals surface area contributed by atoms with E-state index < -0.39 is 0 Å². The molecule has 0 spiro atoms. The van der Waals surface area contributed by atoms with Gasteiger partial charge in [0.25, 0.3) is 0 Å². The second-order valence-electron chi connectivity index (χ2n) is 6.96. The fourth-order valence-electron chi connectivity index (χ4n) is 2.99. The van der Waals surface area contributed by atoms with Crippen molar-refractivity contribution in [3.05, 3.63) is 51.8 Å². The smallest absolute Gasteiger partial charge is 0.220 e.